The van der Waals surface area contributed by atoms with Crippen molar-refractivity contribution in [3.05, 3.63) is 42.0 Å². The third kappa shape index (κ3) is 6.62. The third-order valence-corrected chi connectivity index (χ3v) is 6.94. The van der Waals surface area contributed by atoms with Crippen LogP contribution in [-0.4, -0.2) is 68.4 Å². The summed E-state index contributed by atoms with van der Waals surface area (Å²) in [5.41, 5.74) is 1.18. The van der Waals surface area contributed by atoms with Crippen LogP contribution in [-0.2, 0) is 16.3 Å². The minimum atomic E-state index is -3.32. The van der Waals surface area contributed by atoms with Crippen molar-refractivity contribution in [2.45, 2.75) is 50.5 Å². The molecule has 32 heavy (non-hydrogen) atoms. The summed E-state index contributed by atoms with van der Waals surface area (Å²) in [5.74, 6) is 0.470. The molecule has 2 atom stereocenters. The molecule has 0 bridgehead atoms. The molecule has 0 radical (unpaired) electrons. The molecular formula is C23H34FN4O3S+. The number of anilines is 1. The Hall–Kier alpha value is -2.26. The second-order valence-corrected chi connectivity index (χ2v) is 10.4. The maximum Gasteiger partial charge on any atom is 0.302 e. The Morgan fingerprint density at radius 1 is 1.22 bits per heavy atom. The highest BCUT2D eigenvalue weighted by molar-refractivity contribution is 7.90. The number of halogens is 1. The zero-order valence-electron chi connectivity index (χ0n) is 19.2. The minimum absolute atomic E-state index is 0.195. The van der Waals surface area contributed by atoms with E-state index in [4.69, 9.17) is 4.74 Å². The van der Waals surface area contributed by atoms with Crippen LogP contribution in [0, 0.1) is 5.82 Å². The maximum atomic E-state index is 14.0. The molecule has 176 valence electrons. The Morgan fingerprint density at radius 3 is 2.50 bits per heavy atom. The van der Waals surface area contributed by atoms with Gasteiger partial charge in [-0.2, -0.15) is 4.21 Å². The Bertz CT molecular complexity index is 977. The monoisotopic (exact) mass is 465 g/mol. The van der Waals surface area contributed by atoms with Crippen LogP contribution >= 0.6 is 0 Å². The van der Waals surface area contributed by atoms with E-state index in [1.807, 2.05) is 12.4 Å². The largest absolute Gasteiger partial charge is 0.493 e. The lowest BCUT2D eigenvalue weighted by Gasteiger charge is -2.38. The number of aryl methyl sites for hydroxylation is 1. The van der Waals surface area contributed by atoms with Gasteiger partial charge in [0.1, 0.15) is 5.75 Å². The summed E-state index contributed by atoms with van der Waals surface area (Å²) >= 11 is 0. The van der Waals surface area contributed by atoms with E-state index in [1.165, 1.54) is 23.8 Å². The van der Waals surface area contributed by atoms with Crippen LogP contribution in [0.1, 0.15) is 38.7 Å². The first-order chi connectivity index (χ1) is 15.3. The van der Waals surface area contributed by atoms with Gasteiger partial charge in [0.15, 0.2) is 10.7 Å². The van der Waals surface area contributed by atoms with E-state index in [0.29, 0.717) is 18.4 Å². The van der Waals surface area contributed by atoms with Crippen LogP contribution < -0.4 is 9.64 Å². The topological polar surface area (TPSA) is 80.0 Å². The molecule has 1 aromatic heterocycles. The molecule has 2 aromatic rings. The van der Waals surface area contributed by atoms with Gasteiger partial charge in [-0.3, -0.25) is 4.90 Å². The fraction of sp³-hybridized carbons (Fsp3) is 0.565. The first kappa shape index (κ1) is 24.4. The lowest BCUT2D eigenvalue weighted by Crippen LogP contribution is -2.50. The summed E-state index contributed by atoms with van der Waals surface area (Å²) in [6.45, 7) is 8.59. The summed E-state index contributed by atoms with van der Waals surface area (Å²) in [6.07, 6.45) is 8.90. The molecule has 9 heteroatoms. The number of nitrogens with zero attached hydrogens (tertiary/aromatic N) is 4. The van der Waals surface area contributed by atoms with Gasteiger partial charge in [0.25, 0.3) is 0 Å². The average Bonchev–Trinajstić information content (AvgIpc) is 2.77. The zero-order chi connectivity index (χ0) is 23.1. The molecule has 1 N–H and O–H groups in total. The zero-order valence-corrected chi connectivity index (χ0v) is 20.0. The van der Waals surface area contributed by atoms with Crippen molar-refractivity contribution in [2.75, 3.05) is 43.9 Å². The Balaban J connectivity index is 1.39. The summed E-state index contributed by atoms with van der Waals surface area (Å²) in [6, 6.07) is 4.45. The smallest absolute Gasteiger partial charge is 0.302 e. The second-order valence-electron chi connectivity index (χ2n) is 8.40. The number of rotatable bonds is 10. The molecule has 1 aliphatic heterocycles. The number of piperazine rings is 1. The van der Waals surface area contributed by atoms with Gasteiger partial charge < -0.3 is 9.64 Å². The highest BCUT2D eigenvalue weighted by Crippen LogP contribution is 2.21. The van der Waals surface area contributed by atoms with E-state index < -0.39 is 15.7 Å². The number of hydrogen-bond donors (Lipinski definition) is 0. The van der Waals surface area contributed by atoms with Crippen molar-refractivity contribution < 1.29 is 17.5 Å². The molecule has 1 aromatic carbocycles. The fourth-order valence-electron chi connectivity index (χ4n) is 3.92. The van der Waals surface area contributed by atoms with Crippen molar-refractivity contribution in [1.29, 1.82) is 0 Å². The van der Waals surface area contributed by atoms with Gasteiger partial charge in [-0.05, 0) is 43.9 Å². The molecule has 1 aliphatic rings. The first-order valence-electron chi connectivity index (χ1n) is 11.2. The van der Waals surface area contributed by atoms with Crippen LogP contribution in [0.25, 0.3) is 0 Å². The van der Waals surface area contributed by atoms with Gasteiger partial charge in [0, 0.05) is 50.7 Å². The molecule has 0 saturated carbocycles. The van der Waals surface area contributed by atoms with Crippen molar-refractivity contribution in [3.63, 3.8) is 0 Å². The van der Waals surface area contributed by atoms with E-state index in [0.717, 1.165) is 64.1 Å². The van der Waals surface area contributed by atoms with Crippen molar-refractivity contribution in [1.82, 2.24) is 14.9 Å². The molecule has 0 amide bonds. The molecule has 1 fully saturated rings. The van der Waals surface area contributed by atoms with Crippen LogP contribution in [0.5, 0.6) is 5.75 Å². The van der Waals surface area contributed by atoms with Crippen LogP contribution in [0.2, 0.25) is 0 Å². The van der Waals surface area contributed by atoms with Crippen LogP contribution in [0.15, 0.2) is 35.5 Å². The summed E-state index contributed by atoms with van der Waals surface area (Å²) in [5, 5.41) is 0. The lowest BCUT2D eigenvalue weighted by molar-refractivity contribution is 0.177. The average molecular weight is 466 g/mol. The summed E-state index contributed by atoms with van der Waals surface area (Å²) in [4.78, 5) is 13.6. The van der Waals surface area contributed by atoms with Crippen molar-refractivity contribution in [2.24, 2.45) is 0 Å². The highest BCUT2D eigenvalue weighted by atomic mass is 32.2. The fourth-order valence-corrected chi connectivity index (χ4v) is 4.66. The van der Waals surface area contributed by atoms with Crippen molar-refractivity contribution in [3.8, 4) is 5.75 Å². The van der Waals surface area contributed by atoms with Crippen LogP contribution in [0.3, 0.4) is 0 Å². The van der Waals surface area contributed by atoms with E-state index in [2.05, 4.69) is 33.6 Å². The number of ether oxygens (including phenoxy) is 1. The molecule has 7 nitrogen and oxygen atoms in total. The van der Waals surface area contributed by atoms with Crippen molar-refractivity contribution >= 4 is 15.8 Å². The van der Waals surface area contributed by atoms with E-state index >= 15 is 0 Å². The van der Waals surface area contributed by atoms with Gasteiger partial charge >= 0.3 is 9.84 Å². The number of benzene rings is 1. The third-order valence-electron chi connectivity index (χ3n) is 5.80. The van der Waals surface area contributed by atoms with E-state index in [9.17, 15) is 12.8 Å². The normalized spacial score (nSPS) is 17.7. The van der Waals surface area contributed by atoms with E-state index in [1.54, 1.807) is 0 Å². The number of hydrogen-bond acceptors (Lipinski definition) is 6. The molecule has 0 aliphatic carbocycles. The minimum Gasteiger partial charge on any atom is -0.493 e. The van der Waals surface area contributed by atoms with Gasteiger partial charge in [-0.1, -0.05) is 13.3 Å². The SMILES string of the molecule is CCCc1cnc(N2CCN(C(C)CCCOc3ccc(S(C)(=O)=[OH+])c(F)c3)CC2)nc1. The molecule has 1 saturated heterocycles. The Kier molecular flexibility index (Phi) is 8.42. The van der Waals surface area contributed by atoms with E-state index in [-0.39, 0.29) is 4.90 Å². The molecule has 2 heterocycles. The number of aromatic nitrogens is 2. The molecular weight excluding hydrogens is 431 g/mol. The molecule has 3 rings (SSSR count). The van der Waals surface area contributed by atoms with Gasteiger partial charge in [-0.25, -0.2) is 18.6 Å². The predicted octanol–water partition coefficient (Wildman–Crippen LogP) is 3.50. The summed E-state index contributed by atoms with van der Waals surface area (Å²) < 4.78 is 40.7. The summed E-state index contributed by atoms with van der Waals surface area (Å²) in [7, 11) is -3.32. The van der Waals surface area contributed by atoms with Gasteiger partial charge in [0.2, 0.25) is 5.95 Å². The maximum absolute atomic E-state index is 14.0. The second kappa shape index (κ2) is 11.0. The Labute approximate surface area is 190 Å². The molecule has 2 unspecified atom stereocenters. The molecule has 0 spiro atoms. The predicted molar refractivity (Wildman–Crippen MR) is 125 cm³/mol. The standard InChI is InChI=1S/C23H33FN4O3S/c1-4-6-19-16-25-23(26-17-19)28-12-10-27(11-13-28)18(2)7-5-14-31-20-8-9-22(21(24)15-20)32(3,29)30/h8-9,15-18H,4-7,10-14H2,1-3H3/p+1. The van der Waals surface area contributed by atoms with Gasteiger partial charge in [-0.15, -0.1) is 0 Å². The Morgan fingerprint density at radius 2 is 1.91 bits per heavy atom. The highest BCUT2D eigenvalue weighted by Gasteiger charge is 2.22. The lowest BCUT2D eigenvalue weighted by atomic mass is 10.1. The van der Waals surface area contributed by atoms with Crippen LogP contribution in [0.4, 0.5) is 10.3 Å². The van der Waals surface area contributed by atoms with Gasteiger partial charge in [0.05, 0.1) is 12.9 Å². The quantitative estimate of drug-likeness (QED) is 0.395. The first-order valence-corrected chi connectivity index (χ1v) is 13.1.